The molecule has 1 heterocycles. The molecule has 3 aromatic rings. The number of pyridine rings is 1. The van der Waals surface area contributed by atoms with Gasteiger partial charge >= 0.3 is 0 Å². The van der Waals surface area contributed by atoms with E-state index in [2.05, 4.69) is 20.8 Å². The summed E-state index contributed by atoms with van der Waals surface area (Å²) in [7, 11) is 0. The zero-order valence-electron chi connectivity index (χ0n) is 15.6. The Kier molecular flexibility index (Phi) is 5.91. The van der Waals surface area contributed by atoms with E-state index in [0.717, 1.165) is 11.1 Å². The summed E-state index contributed by atoms with van der Waals surface area (Å²) >= 11 is 0. The van der Waals surface area contributed by atoms with Gasteiger partial charge in [-0.15, -0.1) is 0 Å². The number of rotatable bonds is 5. The van der Waals surface area contributed by atoms with E-state index in [1.54, 1.807) is 42.6 Å². The highest BCUT2D eigenvalue weighted by molar-refractivity contribution is 6.09. The van der Waals surface area contributed by atoms with Gasteiger partial charge in [0, 0.05) is 12.4 Å². The molecule has 6 nitrogen and oxygen atoms in total. The zero-order chi connectivity index (χ0) is 19.9. The maximum absolute atomic E-state index is 12.6. The van der Waals surface area contributed by atoms with Gasteiger partial charge in [-0.2, -0.15) is 5.10 Å². The van der Waals surface area contributed by atoms with Crippen LogP contribution < -0.4 is 10.7 Å². The van der Waals surface area contributed by atoms with Crippen molar-refractivity contribution in [2.75, 3.05) is 5.32 Å². The molecule has 140 valence electrons. The van der Waals surface area contributed by atoms with Gasteiger partial charge < -0.3 is 5.32 Å². The van der Waals surface area contributed by atoms with Crippen molar-refractivity contribution in [3.05, 3.63) is 95.3 Å². The second kappa shape index (κ2) is 8.73. The van der Waals surface area contributed by atoms with Gasteiger partial charge in [-0.25, -0.2) is 5.43 Å². The lowest BCUT2D eigenvalue weighted by Crippen LogP contribution is -2.22. The molecule has 0 saturated carbocycles. The van der Waals surface area contributed by atoms with E-state index in [4.69, 9.17) is 0 Å². The summed E-state index contributed by atoms with van der Waals surface area (Å²) in [6.45, 7) is 3.83. The van der Waals surface area contributed by atoms with Crippen LogP contribution in [0, 0.1) is 6.92 Å². The van der Waals surface area contributed by atoms with Gasteiger partial charge in [0.25, 0.3) is 11.8 Å². The average Bonchev–Trinajstić information content (AvgIpc) is 2.73. The number of carbonyl (C=O) groups excluding carboxylic acids is 2. The van der Waals surface area contributed by atoms with Crippen LogP contribution in [0.3, 0.4) is 0 Å². The third-order valence-electron chi connectivity index (χ3n) is 4.14. The number of amides is 2. The molecule has 0 radical (unpaired) electrons. The van der Waals surface area contributed by atoms with Crippen molar-refractivity contribution in [2.45, 2.75) is 13.8 Å². The van der Waals surface area contributed by atoms with E-state index in [9.17, 15) is 9.59 Å². The Morgan fingerprint density at radius 3 is 2.36 bits per heavy atom. The molecule has 0 unspecified atom stereocenters. The van der Waals surface area contributed by atoms with Crippen molar-refractivity contribution in [2.24, 2.45) is 5.10 Å². The number of nitrogens with one attached hydrogen (secondary N) is 2. The molecular weight excluding hydrogens is 352 g/mol. The molecule has 0 aliphatic carbocycles. The van der Waals surface area contributed by atoms with Crippen molar-refractivity contribution in [1.29, 1.82) is 0 Å². The van der Waals surface area contributed by atoms with E-state index < -0.39 is 5.91 Å². The first-order valence-corrected chi connectivity index (χ1v) is 8.76. The molecule has 6 heteroatoms. The summed E-state index contributed by atoms with van der Waals surface area (Å²) in [5.41, 5.74) is 6.44. The number of hydrazone groups is 1. The Bertz CT molecular complexity index is 1010. The van der Waals surface area contributed by atoms with Gasteiger partial charge in [-0.05, 0) is 43.7 Å². The standard InChI is InChI=1S/C22H20N4O2/c1-15-9-11-17(12-10-15)16(2)25-26-22(28)19-7-3-4-8-20(19)24-21(27)18-6-5-13-23-14-18/h3-14H,1-2H3,(H,24,27)(H,26,28)/b25-16+. The fourth-order valence-corrected chi connectivity index (χ4v) is 2.54. The molecule has 2 aromatic carbocycles. The molecular formula is C22H20N4O2. The number of benzene rings is 2. The molecule has 0 aliphatic rings. The Morgan fingerprint density at radius 1 is 0.893 bits per heavy atom. The van der Waals surface area contributed by atoms with Crippen LogP contribution in [0.1, 0.15) is 38.8 Å². The second-order valence-electron chi connectivity index (χ2n) is 6.25. The van der Waals surface area contributed by atoms with E-state index in [1.807, 2.05) is 38.1 Å². The highest BCUT2D eigenvalue weighted by Gasteiger charge is 2.14. The summed E-state index contributed by atoms with van der Waals surface area (Å²) < 4.78 is 0. The first-order valence-electron chi connectivity index (χ1n) is 8.76. The molecule has 0 aliphatic heterocycles. The summed E-state index contributed by atoms with van der Waals surface area (Å²) in [5.74, 6) is -0.749. The van der Waals surface area contributed by atoms with Crippen molar-refractivity contribution in [1.82, 2.24) is 10.4 Å². The zero-order valence-corrected chi connectivity index (χ0v) is 15.6. The van der Waals surface area contributed by atoms with Crippen LogP contribution in [-0.4, -0.2) is 22.5 Å². The highest BCUT2D eigenvalue weighted by Crippen LogP contribution is 2.16. The summed E-state index contributed by atoms with van der Waals surface area (Å²) in [5, 5.41) is 6.92. The van der Waals surface area contributed by atoms with Crippen molar-refractivity contribution >= 4 is 23.2 Å². The van der Waals surface area contributed by atoms with Crippen molar-refractivity contribution in [3.63, 3.8) is 0 Å². The Balaban J connectivity index is 1.74. The Hall–Kier alpha value is -3.80. The Labute approximate surface area is 163 Å². The number of hydrogen-bond donors (Lipinski definition) is 2. The second-order valence-corrected chi connectivity index (χ2v) is 6.25. The molecule has 0 saturated heterocycles. The SMILES string of the molecule is C/C(=N\NC(=O)c1ccccc1NC(=O)c1cccnc1)c1ccc(C)cc1. The molecule has 0 fully saturated rings. The lowest BCUT2D eigenvalue weighted by Gasteiger charge is -2.10. The number of carbonyl (C=O) groups is 2. The lowest BCUT2D eigenvalue weighted by atomic mass is 10.1. The summed E-state index contributed by atoms with van der Waals surface area (Å²) in [6, 6.07) is 18.0. The van der Waals surface area contributed by atoms with Crippen LogP contribution in [0.2, 0.25) is 0 Å². The topological polar surface area (TPSA) is 83.5 Å². The van der Waals surface area contributed by atoms with Crippen LogP contribution in [0.25, 0.3) is 0 Å². The number of para-hydroxylation sites is 1. The average molecular weight is 372 g/mol. The minimum atomic E-state index is -0.409. The normalized spacial score (nSPS) is 11.0. The number of aryl methyl sites for hydroxylation is 1. The van der Waals surface area contributed by atoms with Gasteiger partial charge in [-0.3, -0.25) is 14.6 Å². The van der Waals surface area contributed by atoms with Gasteiger partial charge in [0.05, 0.1) is 22.5 Å². The van der Waals surface area contributed by atoms with Crippen LogP contribution in [0.4, 0.5) is 5.69 Å². The van der Waals surface area contributed by atoms with E-state index in [0.29, 0.717) is 22.5 Å². The summed E-state index contributed by atoms with van der Waals surface area (Å²) in [4.78, 5) is 28.9. The molecule has 3 rings (SSSR count). The minimum absolute atomic E-state index is 0.320. The third-order valence-corrected chi connectivity index (χ3v) is 4.14. The number of nitrogens with zero attached hydrogens (tertiary/aromatic N) is 2. The Morgan fingerprint density at radius 2 is 1.64 bits per heavy atom. The first-order chi connectivity index (χ1) is 13.5. The molecule has 0 bridgehead atoms. The predicted octanol–water partition coefficient (Wildman–Crippen LogP) is 3.80. The molecule has 28 heavy (non-hydrogen) atoms. The third kappa shape index (κ3) is 4.67. The summed E-state index contributed by atoms with van der Waals surface area (Å²) in [6.07, 6.45) is 3.06. The van der Waals surface area contributed by atoms with E-state index >= 15 is 0 Å². The van der Waals surface area contributed by atoms with E-state index in [-0.39, 0.29) is 5.91 Å². The molecule has 0 spiro atoms. The van der Waals surface area contributed by atoms with Crippen LogP contribution in [0.5, 0.6) is 0 Å². The number of anilines is 1. The van der Waals surface area contributed by atoms with Gasteiger partial charge in [-0.1, -0.05) is 42.0 Å². The molecule has 1 aromatic heterocycles. The maximum atomic E-state index is 12.6. The van der Waals surface area contributed by atoms with Gasteiger partial charge in [0.15, 0.2) is 0 Å². The monoisotopic (exact) mass is 372 g/mol. The largest absolute Gasteiger partial charge is 0.321 e. The molecule has 0 atom stereocenters. The fourth-order valence-electron chi connectivity index (χ4n) is 2.54. The van der Waals surface area contributed by atoms with Gasteiger partial charge in [0.1, 0.15) is 0 Å². The lowest BCUT2D eigenvalue weighted by molar-refractivity contribution is 0.0955. The number of hydrogen-bond acceptors (Lipinski definition) is 4. The number of aromatic nitrogens is 1. The van der Waals surface area contributed by atoms with Crippen molar-refractivity contribution in [3.8, 4) is 0 Å². The smallest absolute Gasteiger partial charge is 0.273 e. The minimum Gasteiger partial charge on any atom is -0.321 e. The molecule has 2 N–H and O–H groups in total. The predicted molar refractivity (Wildman–Crippen MR) is 109 cm³/mol. The fraction of sp³-hybridized carbons (Fsp3) is 0.0909. The van der Waals surface area contributed by atoms with Gasteiger partial charge in [0.2, 0.25) is 0 Å². The molecule has 2 amide bonds. The van der Waals surface area contributed by atoms with Crippen LogP contribution in [-0.2, 0) is 0 Å². The first kappa shape index (κ1) is 19.0. The highest BCUT2D eigenvalue weighted by atomic mass is 16.2. The maximum Gasteiger partial charge on any atom is 0.273 e. The van der Waals surface area contributed by atoms with Crippen molar-refractivity contribution < 1.29 is 9.59 Å². The van der Waals surface area contributed by atoms with Crippen LogP contribution >= 0.6 is 0 Å². The quantitative estimate of drug-likeness (QED) is 0.528. The van der Waals surface area contributed by atoms with E-state index in [1.165, 1.54) is 6.20 Å². The van der Waals surface area contributed by atoms with Crippen LogP contribution in [0.15, 0.2) is 78.2 Å².